The average Bonchev–Trinajstić information content (AvgIpc) is 2.72. The molecule has 2 bridgehead atoms. The van der Waals surface area contributed by atoms with Crippen LogP contribution in [-0.4, -0.2) is 37.9 Å². The van der Waals surface area contributed by atoms with Crippen LogP contribution in [0.4, 0.5) is 0 Å². The van der Waals surface area contributed by atoms with Crippen LogP contribution in [0.3, 0.4) is 0 Å². The highest BCUT2D eigenvalue weighted by Crippen LogP contribution is 2.36. The highest BCUT2D eigenvalue weighted by molar-refractivity contribution is 7.89. The van der Waals surface area contributed by atoms with E-state index in [1.807, 2.05) is 6.07 Å². The van der Waals surface area contributed by atoms with Gasteiger partial charge in [-0.2, -0.15) is 9.57 Å². The molecule has 112 valence electrons. The van der Waals surface area contributed by atoms with Crippen molar-refractivity contribution < 1.29 is 8.42 Å². The van der Waals surface area contributed by atoms with Gasteiger partial charge in [-0.25, -0.2) is 8.42 Å². The number of nitriles is 1. The number of halogens is 1. The van der Waals surface area contributed by atoms with Gasteiger partial charge in [0.1, 0.15) is 4.90 Å². The van der Waals surface area contributed by atoms with E-state index in [9.17, 15) is 8.42 Å². The Morgan fingerprint density at radius 1 is 1.29 bits per heavy atom. The molecule has 2 atom stereocenters. The first kappa shape index (κ1) is 14.8. The van der Waals surface area contributed by atoms with Crippen LogP contribution in [0.2, 0.25) is 5.02 Å². The molecule has 21 heavy (non-hydrogen) atoms. The fourth-order valence-electron chi connectivity index (χ4n) is 3.22. The van der Waals surface area contributed by atoms with Gasteiger partial charge in [-0.1, -0.05) is 11.6 Å². The molecule has 2 fully saturated rings. The van der Waals surface area contributed by atoms with Crippen LogP contribution in [0.1, 0.15) is 24.8 Å². The third-order valence-corrected chi connectivity index (χ3v) is 6.69. The first-order chi connectivity index (χ1) is 10.0. The first-order valence-electron chi connectivity index (χ1n) is 6.98. The molecule has 0 radical (unpaired) electrons. The molecule has 0 saturated carbocycles. The van der Waals surface area contributed by atoms with Gasteiger partial charge in [0, 0.05) is 18.6 Å². The van der Waals surface area contributed by atoms with Gasteiger partial charge in [0.05, 0.1) is 16.7 Å². The third-order valence-electron chi connectivity index (χ3n) is 4.20. The van der Waals surface area contributed by atoms with Crippen molar-refractivity contribution in [2.45, 2.75) is 36.2 Å². The molecule has 1 aromatic carbocycles. The van der Waals surface area contributed by atoms with Gasteiger partial charge in [0.15, 0.2) is 0 Å². The summed E-state index contributed by atoms with van der Waals surface area (Å²) >= 11 is 6.10. The zero-order chi connectivity index (χ0) is 15.0. The Morgan fingerprint density at radius 2 is 2.05 bits per heavy atom. The lowest BCUT2D eigenvalue weighted by atomic mass is 10.1. The normalized spacial score (nSPS) is 26.3. The van der Waals surface area contributed by atoms with Crippen molar-refractivity contribution >= 4 is 21.6 Å². The van der Waals surface area contributed by atoms with Crippen molar-refractivity contribution in [1.29, 1.82) is 5.26 Å². The largest absolute Gasteiger partial charge is 0.315 e. The SMILES string of the molecule is N#Cc1ccc(S(=O)(=O)N2C3CCNCC2CC3)c(Cl)c1. The molecule has 2 unspecified atom stereocenters. The second-order valence-corrected chi connectivity index (χ2v) is 7.69. The molecule has 1 N–H and O–H groups in total. The molecular weight excluding hydrogens is 310 g/mol. The zero-order valence-corrected chi connectivity index (χ0v) is 13.0. The second kappa shape index (κ2) is 5.58. The minimum absolute atomic E-state index is 0.00536. The number of rotatable bonds is 2. The molecule has 1 aromatic rings. The summed E-state index contributed by atoms with van der Waals surface area (Å²) in [6.07, 6.45) is 2.61. The molecule has 0 amide bonds. The van der Waals surface area contributed by atoms with E-state index < -0.39 is 10.0 Å². The van der Waals surface area contributed by atoms with Crippen LogP contribution in [0, 0.1) is 11.3 Å². The topological polar surface area (TPSA) is 73.2 Å². The van der Waals surface area contributed by atoms with Gasteiger partial charge in [-0.3, -0.25) is 0 Å². The zero-order valence-electron chi connectivity index (χ0n) is 11.4. The van der Waals surface area contributed by atoms with E-state index in [0.29, 0.717) is 12.1 Å². The fourth-order valence-corrected chi connectivity index (χ4v) is 5.65. The molecule has 7 heteroatoms. The van der Waals surface area contributed by atoms with Gasteiger partial charge in [0.25, 0.3) is 0 Å². The smallest absolute Gasteiger partial charge is 0.245 e. The summed E-state index contributed by atoms with van der Waals surface area (Å²) in [5.41, 5.74) is 0.361. The van der Waals surface area contributed by atoms with Crippen molar-refractivity contribution in [1.82, 2.24) is 9.62 Å². The van der Waals surface area contributed by atoms with Crippen LogP contribution < -0.4 is 5.32 Å². The van der Waals surface area contributed by atoms with Crippen LogP contribution in [0.15, 0.2) is 23.1 Å². The molecule has 0 spiro atoms. The van der Waals surface area contributed by atoms with E-state index in [1.54, 1.807) is 4.31 Å². The number of benzene rings is 1. The molecule has 2 aliphatic rings. The number of nitrogens with one attached hydrogen (secondary N) is 1. The molecule has 2 heterocycles. The van der Waals surface area contributed by atoms with Crippen LogP contribution in [0.25, 0.3) is 0 Å². The highest BCUT2D eigenvalue weighted by atomic mass is 35.5. The van der Waals surface area contributed by atoms with E-state index in [2.05, 4.69) is 5.32 Å². The van der Waals surface area contributed by atoms with E-state index >= 15 is 0 Å². The van der Waals surface area contributed by atoms with Gasteiger partial charge >= 0.3 is 0 Å². The lowest BCUT2D eigenvalue weighted by molar-refractivity contribution is 0.334. The Balaban J connectivity index is 2.03. The fraction of sp³-hybridized carbons (Fsp3) is 0.500. The summed E-state index contributed by atoms with van der Waals surface area (Å²) < 4.78 is 27.5. The van der Waals surface area contributed by atoms with Gasteiger partial charge in [0.2, 0.25) is 10.0 Å². The molecule has 2 aliphatic heterocycles. The van der Waals surface area contributed by atoms with E-state index in [1.165, 1.54) is 18.2 Å². The maximum absolute atomic E-state index is 13.0. The Kier molecular flexibility index (Phi) is 3.93. The molecule has 2 saturated heterocycles. The molecular formula is C14H16ClN3O2S. The summed E-state index contributed by atoms with van der Waals surface area (Å²) in [7, 11) is -3.62. The van der Waals surface area contributed by atoms with E-state index in [4.69, 9.17) is 16.9 Å². The van der Waals surface area contributed by atoms with Crippen LogP contribution >= 0.6 is 11.6 Å². The number of sulfonamides is 1. The Morgan fingerprint density at radius 3 is 2.76 bits per heavy atom. The number of fused-ring (bicyclic) bond motifs is 2. The first-order valence-corrected chi connectivity index (χ1v) is 8.80. The summed E-state index contributed by atoms with van der Waals surface area (Å²) in [6.45, 7) is 1.53. The number of nitrogens with zero attached hydrogens (tertiary/aromatic N) is 2. The van der Waals surface area contributed by atoms with Crippen molar-refractivity contribution in [2.75, 3.05) is 13.1 Å². The van der Waals surface area contributed by atoms with Crippen LogP contribution in [-0.2, 0) is 10.0 Å². The summed E-state index contributed by atoms with van der Waals surface area (Å²) in [6, 6.07) is 6.35. The third kappa shape index (κ3) is 2.55. The minimum atomic E-state index is -3.62. The standard InChI is InChI=1S/C14H16ClN3O2S/c15-13-7-10(8-16)1-4-14(13)21(19,20)18-11-2-3-12(18)9-17-6-5-11/h1,4,7,11-12,17H,2-3,5-6,9H2. The summed E-state index contributed by atoms with van der Waals surface area (Å²) in [5.74, 6) is 0. The molecule has 3 rings (SSSR count). The Hall–Kier alpha value is -1.13. The maximum atomic E-state index is 13.0. The van der Waals surface area contributed by atoms with E-state index in [0.717, 1.165) is 25.8 Å². The van der Waals surface area contributed by atoms with Crippen LogP contribution in [0.5, 0.6) is 0 Å². The maximum Gasteiger partial charge on any atom is 0.245 e. The Labute approximate surface area is 129 Å². The quantitative estimate of drug-likeness (QED) is 0.898. The van der Waals surface area contributed by atoms with Gasteiger partial charge < -0.3 is 5.32 Å². The lowest BCUT2D eigenvalue weighted by Crippen LogP contribution is -2.42. The predicted octanol–water partition coefficient (Wildman–Crippen LogP) is 1.73. The monoisotopic (exact) mass is 325 g/mol. The second-order valence-electron chi connectivity index (χ2n) is 5.47. The lowest BCUT2D eigenvalue weighted by Gasteiger charge is -2.27. The number of hydrogen-bond donors (Lipinski definition) is 1. The Bertz CT molecular complexity index is 685. The minimum Gasteiger partial charge on any atom is -0.315 e. The van der Waals surface area contributed by atoms with Crippen molar-refractivity contribution in [3.8, 4) is 6.07 Å². The van der Waals surface area contributed by atoms with Gasteiger partial charge in [-0.05, 0) is 44.0 Å². The number of hydrogen-bond acceptors (Lipinski definition) is 4. The van der Waals surface area contributed by atoms with Gasteiger partial charge in [-0.15, -0.1) is 0 Å². The predicted molar refractivity (Wildman–Crippen MR) is 79.5 cm³/mol. The molecule has 5 nitrogen and oxygen atoms in total. The van der Waals surface area contributed by atoms with Crippen molar-refractivity contribution in [3.05, 3.63) is 28.8 Å². The summed E-state index contributed by atoms with van der Waals surface area (Å²) in [4.78, 5) is 0.0990. The molecule has 0 aliphatic carbocycles. The molecule has 0 aromatic heterocycles. The average molecular weight is 326 g/mol. The highest BCUT2D eigenvalue weighted by Gasteiger charge is 2.43. The van der Waals surface area contributed by atoms with Crippen molar-refractivity contribution in [3.63, 3.8) is 0 Å². The summed E-state index contributed by atoms with van der Waals surface area (Å²) in [5, 5.41) is 12.3. The van der Waals surface area contributed by atoms with E-state index in [-0.39, 0.29) is 22.0 Å². The van der Waals surface area contributed by atoms with Crippen molar-refractivity contribution in [2.24, 2.45) is 0 Å².